The fourth-order valence-corrected chi connectivity index (χ4v) is 5.21. The molecule has 2 aliphatic rings. The maximum atomic E-state index is 5.09. The molecule has 0 N–H and O–H groups in total. The van der Waals surface area contributed by atoms with Crippen molar-refractivity contribution in [3.63, 3.8) is 0 Å². The van der Waals surface area contributed by atoms with Crippen molar-refractivity contribution in [2.24, 2.45) is 12.0 Å². The summed E-state index contributed by atoms with van der Waals surface area (Å²) in [6.07, 6.45) is 3.03. The summed E-state index contributed by atoms with van der Waals surface area (Å²) in [5, 5.41) is 1.20. The van der Waals surface area contributed by atoms with Crippen LogP contribution in [0.3, 0.4) is 0 Å². The van der Waals surface area contributed by atoms with Gasteiger partial charge in [-0.1, -0.05) is 24.8 Å². The van der Waals surface area contributed by atoms with Crippen LogP contribution in [0, 0.1) is 13.8 Å². The zero-order valence-corrected chi connectivity index (χ0v) is 15.5. The second-order valence-corrected chi connectivity index (χ2v) is 7.71. The van der Waals surface area contributed by atoms with E-state index < -0.39 is 0 Å². The van der Waals surface area contributed by atoms with E-state index in [-0.39, 0.29) is 12.1 Å². The zero-order valence-electron chi connectivity index (χ0n) is 14.7. The fraction of sp³-hybridized carbons (Fsp3) is 0.474. The second-order valence-electron chi connectivity index (χ2n) is 6.72. The van der Waals surface area contributed by atoms with Crippen LogP contribution >= 0.6 is 11.8 Å². The van der Waals surface area contributed by atoms with Gasteiger partial charge in [0.15, 0.2) is 5.17 Å². The second kappa shape index (κ2) is 5.96. The molecule has 0 amide bonds. The average molecular weight is 340 g/mol. The van der Waals surface area contributed by atoms with Crippen molar-refractivity contribution >= 4 is 16.9 Å². The van der Waals surface area contributed by atoms with E-state index in [2.05, 4.69) is 60.5 Å². The van der Waals surface area contributed by atoms with Gasteiger partial charge in [-0.25, -0.2) is 0 Å². The van der Waals surface area contributed by atoms with Crippen molar-refractivity contribution in [2.75, 3.05) is 5.75 Å². The number of thioether (sulfide) groups is 1. The monoisotopic (exact) mass is 340 g/mol. The predicted molar refractivity (Wildman–Crippen MR) is 100 cm³/mol. The van der Waals surface area contributed by atoms with E-state index in [1.165, 1.54) is 22.1 Å². The minimum absolute atomic E-state index is 0.0866. The van der Waals surface area contributed by atoms with Crippen molar-refractivity contribution in [2.45, 2.75) is 45.3 Å². The van der Waals surface area contributed by atoms with E-state index in [0.29, 0.717) is 6.04 Å². The molecule has 2 aromatic heterocycles. The third kappa shape index (κ3) is 2.29. The highest BCUT2D eigenvalue weighted by Crippen LogP contribution is 2.49. The summed E-state index contributed by atoms with van der Waals surface area (Å²) in [6, 6.07) is 9.40. The Kier molecular flexibility index (Phi) is 3.91. The first-order valence-corrected chi connectivity index (χ1v) is 9.63. The first-order valence-electron chi connectivity index (χ1n) is 8.64. The Bertz CT molecular complexity index is 780. The molecule has 0 aromatic carbocycles. The normalized spacial score (nSPS) is 25.9. The summed E-state index contributed by atoms with van der Waals surface area (Å²) < 4.78 is 2.28. The minimum Gasteiger partial charge on any atom is -0.352 e. The summed E-state index contributed by atoms with van der Waals surface area (Å²) in [5.74, 6) is 1.14. The first kappa shape index (κ1) is 15.8. The van der Waals surface area contributed by atoms with Gasteiger partial charge in [-0.2, -0.15) is 0 Å². The number of amidine groups is 1. The lowest BCUT2D eigenvalue weighted by atomic mass is 9.95. The van der Waals surface area contributed by atoms with Gasteiger partial charge >= 0.3 is 0 Å². The van der Waals surface area contributed by atoms with Crippen LogP contribution in [0.2, 0.25) is 0 Å². The van der Waals surface area contributed by atoms with E-state index in [1.807, 2.05) is 24.0 Å². The molecule has 5 heteroatoms. The lowest BCUT2D eigenvalue weighted by Crippen LogP contribution is -2.35. The molecule has 0 unspecified atom stereocenters. The van der Waals surface area contributed by atoms with Gasteiger partial charge in [0.2, 0.25) is 0 Å². The molecule has 24 heavy (non-hydrogen) atoms. The maximum absolute atomic E-state index is 5.09. The highest BCUT2D eigenvalue weighted by atomic mass is 32.2. The Morgan fingerprint density at radius 2 is 2.12 bits per heavy atom. The molecular weight excluding hydrogens is 316 g/mol. The van der Waals surface area contributed by atoms with Gasteiger partial charge < -0.3 is 9.47 Å². The lowest BCUT2D eigenvalue weighted by molar-refractivity contribution is 0.254. The van der Waals surface area contributed by atoms with Crippen LogP contribution in [0.15, 0.2) is 35.5 Å². The van der Waals surface area contributed by atoms with Gasteiger partial charge in [-0.3, -0.25) is 9.98 Å². The molecule has 4 nitrogen and oxygen atoms in total. The summed E-state index contributed by atoms with van der Waals surface area (Å²) in [6.45, 7) is 6.68. The highest BCUT2D eigenvalue weighted by Gasteiger charge is 2.46. The van der Waals surface area contributed by atoms with E-state index in [1.54, 1.807) is 0 Å². The topological polar surface area (TPSA) is 33.4 Å². The Morgan fingerprint density at radius 1 is 1.29 bits per heavy atom. The van der Waals surface area contributed by atoms with Crippen LogP contribution in [0.5, 0.6) is 0 Å². The van der Waals surface area contributed by atoms with E-state index in [9.17, 15) is 0 Å². The van der Waals surface area contributed by atoms with Crippen molar-refractivity contribution in [3.8, 4) is 0 Å². The fourth-order valence-electron chi connectivity index (χ4n) is 3.87. The molecule has 0 aliphatic carbocycles. The number of nitrogens with zero attached hydrogens (tertiary/aromatic N) is 4. The first-order chi connectivity index (χ1) is 11.6. The van der Waals surface area contributed by atoms with Crippen molar-refractivity contribution < 1.29 is 0 Å². The largest absolute Gasteiger partial charge is 0.352 e. The quantitative estimate of drug-likeness (QED) is 0.846. The molecule has 126 valence electrons. The number of hydrogen-bond acceptors (Lipinski definition) is 4. The summed E-state index contributed by atoms with van der Waals surface area (Å²) in [4.78, 5) is 12.3. The number of aryl methyl sites for hydroxylation is 1. The standard InChI is InChI=1S/C19H24N4S/c1-5-14-11-24-19-21-17(16-8-6-7-9-20-16)18(23(14)19)15-10-12(2)22(4)13(15)3/h6-10,14,17-18H,5,11H2,1-4H3/t14-,17-,18+/m0/s1. The van der Waals surface area contributed by atoms with Gasteiger partial charge in [-0.15, -0.1) is 0 Å². The number of fused-ring (bicyclic) bond motifs is 1. The molecular formula is C19H24N4S. The van der Waals surface area contributed by atoms with Crippen LogP contribution in [0.25, 0.3) is 0 Å². The SMILES string of the molecule is CC[C@H]1CSC2=N[C@@H](c3ccccn3)[C@@H](c3cc(C)n(C)c3C)N21. The van der Waals surface area contributed by atoms with Gasteiger partial charge in [-0.05, 0) is 44.0 Å². The maximum Gasteiger partial charge on any atom is 0.160 e. The number of aliphatic imine (C=N–C) groups is 1. The van der Waals surface area contributed by atoms with E-state index in [4.69, 9.17) is 4.99 Å². The summed E-state index contributed by atoms with van der Waals surface area (Å²) >= 11 is 1.90. The van der Waals surface area contributed by atoms with Crippen molar-refractivity contribution in [1.82, 2.24) is 14.5 Å². The van der Waals surface area contributed by atoms with Crippen molar-refractivity contribution in [1.29, 1.82) is 0 Å². The molecule has 1 saturated heterocycles. The third-order valence-corrected chi connectivity index (χ3v) is 6.59. The summed E-state index contributed by atoms with van der Waals surface area (Å²) in [5.41, 5.74) is 5.10. The van der Waals surface area contributed by atoms with Crippen LogP contribution in [0.1, 0.15) is 48.1 Å². The molecule has 4 heterocycles. The summed E-state index contributed by atoms with van der Waals surface area (Å²) in [7, 11) is 2.15. The van der Waals surface area contributed by atoms with Crippen LogP contribution in [0.4, 0.5) is 0 Å². The van der Waals surface area contributed by atoms with Crippen LogP contribution in [-0.4, -0.2) is 31.4 Å². The smallest absolute Gasteiger partial charge is 0.160 e. The highest BCUT2D eigenvalue weighted by molar-refractivity contribution is 8.14. The Morgan fingerprint density at radius 3 is 2.75 bits per heavy atom. The number of pyridine rings is 1. The molecule has 2 aromatic rings. The molecule has 0 spiro atoms. The minimum atomic E-state index is 0.0866. The lowest BCUT2D eigenvalue weighted by Gasteiger charge is -2.31. The number of rotatable bonds is 3. The molecule has 0 saturated carbocycles. The van der Waals surface area contributed by atoms with E-state index >= 15 is 0 Å². The molecule has 0 radical (unpaired) electrons. The van der Waals surface area contributed by atoms with Crippen LogP contribution < -0.4 is 0 Å². The van der Waals surface area contributed by atoms with Crippen LogP contribution in [-0.2, 0) is 7.05 Å². The average Bonchev–Trinajstić information content (AvgIpc) is 3.24. The Hall–Kier alpha value is -1.75. The molecule has 2 aliphatic heterocycles. The molecule has 0 bridgehead atoms. The zero-order chi connectivity index (χ0) is 16.8. The Labute approximate surface area is 148 Å². The van der Waals surface area contributed by atoms with Gasteiger partial charge in [0.1, 0.15) is 6.04 Å². The van der Waals surface area contributed by atoms with Gasteiger partial charge in [0.05, 0.1) is 11.7 Å². The van der Waals surface area contributed by atoms with Gasteiger partial charge in [0.25, 0.3) is 0 Å². The molecule has 1 fully saturated rings. The molecule has 4 rings (SSSR count). The number of hydrogen-bond donors (Lipinski definition) is 0. The Balaban J connectivity index is 1.84. The number of aromatic nitrogens is 2. The predicted octanol–water partition coefficient (Wildman–Crippen LogP) is 4.02. The molecule has 3 atom stereocenters. The van der Waals surface area contributed by atoms with Crippen molar-refractivity contribution in [3.05, 3.63) is 53.1 Å². The third-order valence-electron chi connectivity index (χ3n) is 5.46. The van der Waals surface area contributed by atoms with Gasteiger partial charge in [0, 0.05) is 36.4 Å². The van der Waals surface area contributed by atoms with E-state index in [0.717, 1.165) is 17.9 Å².